The van der Waals surface area contributed by atoms with Crippen LogP contribution >= 0.6 is 11.3 Å². The lowest BCUT2D eigenvalue weighted by Crippen LogP contribution is -2.43. The number of fused-ring (bicyclic) bond motifs is 4. The Labute approximate surface area is 432 Å². The number of hydrogen-bond donors (Lipinski definition) is 5. The van der Waals surface area contributed by atoms with E-state index in [0.717, 1.165) is 80.3 Å². The van der Waals surface area contributed by atoms with Crippen LogP contribution in [0.25, 0.3) is 0 Å². The van der Waals surface area contributed by atoms with Crippen LogP contribution in [0.5, 0.6) is 0 Å². The van der Waals surface area contributed by atoms with Crippen LogP contribution in [0.3, 0.4) is 0 Å². The van der Waals surface area contributed by atoms with Crippen molar-refractivity contribution in [1.29, 1.82) is 0 Å². The fourth-order valence-corrected chi connectivity index (χ4v) is 17.9. The average Bonchev–Trinajstić information content (AvgIpc) is 4.05. The first-order valence-corrected chi connectivity index (χ1v) is 31.2. The molecule has 2 aromatic carbocycles. The first-order chi connectivity index (χ1) is 34.5. The number of carbonyl (C=O) groups excluding carboxylic acids is 2. The zero-order valence-corrected chi connectivity index (χ0v) is 44.9. The molecule has 4 fully saturated rings. The molecule has 17 nitrogen and oxygen atoms in total. The highest BCUT2D eigenvalue weighted by molar-refractivity contribution is 7.93. The Morgan fingerprint density at radius 3 is 2.07 bits per heavy atom. The second-order valence-corrected chi connectivity index (χ2v) is 29.2. The maximum Gasteiger partial charge on any atom is 0.294 e. The van der Waals surface area contributed by atoms with Crippen molar-refractivity contribution in [2.24, 2.45) is 11.3 Å². The molecule has 396 valence electrons. The number of nitrogens with zero attached hydrogens (tertiary/aromatic N) is 3. The van der Waals surface area contributed by atoms with Crippen LogP contribution in [-0.4, -0.2) is 102 Å². The third-order valence-corrected chi connectivity index (χ3v) is 22.8. The van der Waals surface area contributed by atoms with Gasteiger partial charge in [0.15, 0.2) is 5.76 Å². The van der Waals surface area contributed by atoms with E-state index in [-0.39, 0.29) is 33.9 Å². The minimum absolute atomic E-state index is 0.0394. The number of nitrogens with one attached hydrogen (secondary N) is 2. The summed E-state index contributed by atoms with van der Waals surface area (Å²) in [7, 11) is -11.8. The number of anilines is 4. The normalized spacial score (nSPS) is 24.3. The molecule has 10 rings (SSSR count). The van der Waals surface area contributed by atoms with Crippen molar-refractivity contribution in [3.8, 4) is 0 Å². The number of furan rings is 1. The Hall–Kier alpha value is -4.35. The van der Waals surface area contributed by atoms with Crippen molar-refractivity contribution in [3.63, 3.8) is 0 Å². The van der Waals surface area contributed by atoms with Crippen LogP contribution in [-0.2, 0) is 40.9 Å². The lowest BCUT2D eigenvalue weighted by Gasteiger charge is -2.40. The highest BCUT2D eigenvalue weighted by Gasteiger charge is 2.63. The van der Waals surface area contributed by atoms with Gasteiger partial charge in [0.25, 0.3) is 21.8 Å². The van der Waals surface area contributed by atoms with Gasteiger partial charge in [0.1, 0.15) is 16.1 Å². The number of benzene rings is 2. The molecule has 4 saturated carbocycles. The summed E-state index contributed by atoms with van der Waals surface area (Å²) in [5, 5.41) is 32.3. The van der Waals surface area contributed by atoms with E-state index >= 15 is 0 Å². The van der Waals surface area contributed by atoms with Gasteiger partial charge >= 0.3 is 0 Å². The Bertz CT molecular complexity index is 3120. The van der Waals surface area contributed by atoms with E-state index in [1.807, 2.05) is 12.1 Å². The van der Waals surface area contributed by atoms with E-state index in [9.17, 15) is 50.2 Å². The Morgan fingerprint density at radius 1 is 0.781 bits per heavy atom. The van der Waals surface area contributed by atoms with E-state index in [1.54, 1.807) is 72.3 Å². The molecule has 3 spiro atoms. The fraction of sp³-hybridized carbons (Fsp3) is 0.577. The average molecular weight is 1080 g/mol. The van der Waals surface area contributed by atoms with E-state index in [1.165, 1.54) is 10.4 Å². The molecule has 0 radical (unpaired) electrons. The number of sulfonamides is 3. The molecule has 4 aliphatic carbocycles. The number of hydrogen-bond acceptors (Lipinski definition) is 13. The predicted molar refractivity (Wildman–Crippen MR) is 280 cm³/mol. The SMILES string of the molecule is CC(C)(C)NS(=O)(=O)c1cc(C(=O)N2CC3(CCCCC3)c3cc(N(C4CC45CCC4(CC5)CN(C(=O)c5ccc(C(O)C6CCCC6)o5)c5ccc(NS(=O)(=O)CCO)cc54)S(=O)(=O)CCO)ccc32)cs1. The van der Waals surface area contributed by atoms with Gasteiger partial charge in [0.05, 0.1) is 42.0 Å². The second kappa shape index (κ2) is 19.0. The number of aliphatic hydroxyl groups is 3. The summed E-state index contributed by atoms with van der Waals surface area (Å²) < 4.78 is 94.1. The van der Waals surface area contributed by atoms with Gasteiger partial charge in [-0.15, -0.1) is 11.3 Å². The fourth-order valence-electron chi connectivity index (χ4n) is 12.9. The summed E-state index contributed by atoms with van der Waals surface area (Å²) in [5.74, 6) is -1.22. The summed E-state index contributed by atoms with van der Waals surface area (Å²) in [5.41, 5.74) is 1.68. The van der Waals surface area contributed by atoms with Crippen molar-refractivity contribution in [2.75, 3.05) is 56.6 Å². The maximum absolute atomic E-state index is 14.5. The third kappa shape index (κ3) is 9.78. The maximum atomic E-state index is 14.5. The third-order valence-electron chi connectivity index (χ3n) is 16.6. The number of amides is 2. The molecule has 4 aromatic rings. The minimum atomic E-state index is -4.08. The summed E-state index contributed by atoms with van der Waals surface area (Å²) in [6, 6.07) is 14.8. The van der Waals surface area contributed by atoms with E-state index in [0.29, 0.717) is 67.2 Å². The number of carbonyl (C=O) groups is 2. The summed E-state index contributed by atoms with van der Waals surface area (Å²) in [6.45, 7) is 4.74. The molecule has 2 unspecified atom stereocenters. The molecular formula is C52H67N5O12S4. The van der Waals surface area contributed by atoms with Crippen LogP contribution in [0.15, 0.2) is 68.6 Å². The first kappa shape index (κ1) is 52.1. The molecule has 0 bridgehead atoms. The number of aliphatic hydroxyl groups excluding tert-OH is 3. The number of rotatable bonds is 15. The second-order valence-electron chi connectivity index (χ2n) is 22.6. The van der Waals surface area contributed by atoms with Crippen molar-refractivity contribution < 1.29 is 54.6 Å². The quantitative estimate of drug-likeness (QED) is 0.0788. The largest absolute Gasteiger partial charge is 0.453 e. The predicted octanol–water partition coefficient (Wildman–Crippen LogP) is 7.30. The van der Waals surface area contributed by atoms with Gasteiger partial charge in [-0.05, 0) is 156 Å². The molecule has 21 heteroatoms. The molecule has 0 saturated heterocycles. The molecule has 2 amide bonds. The van der Waals surface area contributed by atoms with Gasteiger partial charge in [-0.3, -0.25) is 18.6 Å². The highest BCUT2D eigenvalue weighted by atomic mass is 32.2. The zero-order valence-electron chi connectivity index (χ0n) is 41.6. The van der Waals surface area contributed by atoms with E-state index < -0.39 is 94.6 Å². The van der Waals surface area contributed by atoms with Crippen molar-refractivity contribution in [2.45, 2.75) is 143 Å². The lowest BCUT2D eigenvalue weighted by molar-refractivity contribution is 0.0828. The monoisotopic (exact) mass is 1080 g/mol. The lowest BCUT2D eigenvalue weighted by atomic mass is 9.66. The first-order valence-electron chi connectivity index (χ1n) is 25.6. The minimum Gasteiger partial charge on any atom is -0.453 e. The summed E-state index contributed by atoms with van der Waals surface area (Å²) >= 11 is 0.986. The van der Waals surface area contributed by atoms with Crippen LogP contribution < -0.4 is 23.5 Å². The van der Waals surface area contributed by atoms with Crippen LogP contribution in [0.4, 0.5) is 22.7 Å². The highest BCUT2D eigenvalue weighted by Crippen LogP contribution is 2.65. The Balaban J connectivity index is 0.942. The molecule has 2 aromatic heterocycles. The van der Waals surface area contributed by atoms with Gasteiger partial charge in [-0.2, -0.15) is 0 Å². The van der Waals surface area contributed by atoms with Gasteiger partial charge in [-0.25, -0.2) is 30.0 Å². The van der Waals surface area contributed by atoms with Crippen LogP contribution in [0, 0.1) is 11.3 Å². The smallest absolute Gasteiger partial charge is 0.294 e. The summed E-state index contributed by atoms with van der Waals surface area (Å²) in [6.07, 6.45) is 10.3. The van der Waals surface area contributed by atoms with E-state index in [4.69, 9.17) is 4.42 Å². The molecular weight excluding hydrogens is 1010 g/mol. The van der Waals surface area contributed by atoms with Gasteiger partial charge in [0, 0.05) is 51.9 Å². The number of thiophene rings is 1. The molecule has 2 aliphatic heterocycles. The van der Waals surface area contributed by atoms with Crippen molar-refractivity contribution >= 4 is 76.0 Å². The van der Waals surface area contributed by atoms with E-state index in [2.05, 4.69) is 9.44 Å². The molecule has 5 N–H and O–H groups in total. The zero-order chi connectivity index (χ0) is 51.9. The molecule has 2 atom stereocenters. The molecule has 4 heterocycles. The Kier molecular flexibility index (Phi) is 13.6. The van der Waals surface area contributed by atoms with Crippen molar-refractivity contribution in [1.82, 2.24) is 4.72 Å². The molecule has 73 heavy (non-hydrogen) atoms. The van der Waals surface area contributed by atoms with Gasteiger partial charge in [0.2, 0.25) is 20.0 Å². The molecule has 6 aliphatic rings. The van der Waals surface area contributed by atoms with Crippen LogP contribution in [0.2, 0.25) is 0 Å². The standard InChI is InChI=1S/C52H67N5O12S4/c1-49(2,3)54-73(67,68)45-27-35(31-70-45)47(61)55-32-51(17-7-4-8-18-51)39-29-37(12-14-41(39)55)57(72(65,66)26-24-59)44-30-50(44)19-21-52(22-20-50)33-56(40-13-11-36(28-38(40)52)53-71(63,64)25-23-58)48(62)43-16-15-42(69-43)46(60)34-9-5-6-10-34/h11-16,27-29,31,34,44,46,53-54,58-60H,4-10,17-26,30,32-33H2,1-3H3. The van der Waals surface area contributed by atoms with Gasteiger partial charge in [-0.1, -0.05) is 32.1 Å². The Morgan fingerprint density at radius 2 is 1.41 bits per heavy atom. The summed E-state index contributed by atoms with van der Waals surface area (Å²) in [4.78, 5) is 32.3. The van der Waals surface area contributed by atoms with Crippen molar-refractivity contribution in [3.05, 3.63) is 88.2 Å². The van der Waals surface area contributed by atoms with Crippen LogP contribution in [0.1, 0.15) is 155 Å². The topological polar surface area (TPSA) is 244 Å². The van der Waals surface area contributed by atoms with Gasteiger partial charge < -0.3 is 29.5 Å².